The van der Waals surface area contributed by atoms with Crippen molar-refractivity contribution in [2.45, 2.75) is 116 Å². The van der Waals surface area contributed by atoms with Crippen LogP contribution in [-0.4, -0.2) is 66.3 Å². The highest BCUT2D eigenvalue weighted by molar-refractivity contribution is 5.39. The summed E-state index contributed by atoms with van der Waals surface area (Å²) in [4.78, 5) is 0. The molecule has 0 spiro atoms. The Hall–Kier alpha value is -0.760. The molecule has 6 nitrogen and oxygen atoms in total. The maximum atomic E-state index is 11.7. The molecule has 0 aromatic heterocycles. The van der Waals surface area contributed by atoms with Gasteiger partial charge >= 0.3 is 0 Å². The molecule has 3 saturated carbocycles. The van der Waals surface area contributed by atoms with Crippen LogP contribution in [0.15, 0.2) is 23.3 Å². The molecule has 4 aliphatic carbocycles. The molecule has 34 heavy (non-hydrogen) atoms. The lowest BCUT2D eigenvalue weighted by atomic mass is 9.49. The number of allylic oxidation sites excluding steroid dienone is 3. The number of rotatable bonds is 5. The van der Waals surface area contributed by atoms with Crippen LogP contribution in [0, 0.1) is 34.5 Å². The molecule has 11 atom stereocenters. The smallest absolute Gasteiger partial charge is 0.109 e. The van der Waals surface area contributed by atoms with Gasteiger partial charge in [0.2, 0.25) is 0 Å². The Bertz CT molecular complexity index is 855. The van der Waals surface area contributed by atoms with Gasteiger partial charge in [0.1, 0.15) is 6.10 Å². The van der Waals surface area contributed by atoms with Crippen LogP contribution in [-0.2, 0) is 0 Å². The Morgan fingerprint density at radius 3 is 2.24 bits per heavy atom. The average Bonchev–Trinajstić information content (AvgIpc) is 3.02. The summed E-state index contributed by atoms with van der Waals surface area (Å²) in [6.07, 6.45) is 5.21. The highest BCUT2D eigenvalue weighted by Gasteiger charge is 2.64. The maximum Gasteiger partial charge on any atom is 0.109 e. The molecule has 4 aliphatic rings. The fourth-order valence-electron chi connectivity index (χ4n) is 8.28. The standard InChI is InChI=1S/C28H46O6/c1-15(25(2,3)33)22(31)24(32)28(6,34)23-21(30)14-20-18-8-7-16-13-17(29)9-11-26(16,4)19(18)10-12-27(20,23)5/h7-8,15,17,19-24,29-34H,9-14H2,1-6H3. The monoisotopic (exact) mass is 478 g/mol. The van der Waals surface area contributed by atoms with Crippen LogP contribution in [0.4, 0.5) is 0 Å². The first-order valence-electron chi connectivity index (χ1n) is 13.1. The first kappa shape index (κ1) is 26.3. The number of hydrogen-bond donors (Lipinski definition) is 6. The summed E-state index contributed by atoms with van der Waals surface area (Å²) in [7, 11) is 0. The van der Waals surface area contributed by atoms with Gasteiger partial charge in [0.05, 0.1) is 29.5 Å². The third-order valence-corrected chi connectivity index (χ3v) is 10.8. The Morgan fingerprint density at radius 1 is 0.971 bits per heavy atom. The van der Waals surface area contributed by atoms with Crippen LogP contribution in [0.5, 0.6) is 0 Å². The lowest BCUT2D eigenvalue weighted by Crippen LogP contribution is -2.61. The fraction of sp³-hybridized carbons (Fsp3) is 0.857. The van der Waals surface area contributed by atoms with E-state index in [4.69, 9.17) is 0 Å². The summed E-state index contributed by atoms with van der Waals surface area (Å²) in [5.41, 5.74) is -0.717. The van der Waals surface area contributed by atoms with Crippen molar-refractivity contribution in [2.24, 2.45) is 34.5 Å². The second kappa shape index (κ2) is 8.39. The predicted octanol–water partition coefficient (Wildman–Crippen LogP) is 2.70. The summed E-state index contributed by atoms with van der Waals surface area (Å²) >= 11 is 0. The number of hydrogen-bond acceptors (Lipinski definition) is 6. The normalized spacial score (nSPS) is 44.5. The van der Waals surface area contributed by atoms with Gasteiger partial charge in [-0.05, 0) is 82.0 Å². The molecule has 0 amide bonds. The minimum atomic E-state index is -1.73. The Kier molecular flexibility index (Phi) is 6.49. The van der Waals surface area contributed by atoms with E-state index in [9.17, 15) is 30.6 Å². The quantitative estimate of drug-likeness (QED) is 0.361. The van der Waals surface area contributed by atoms with E-state index in [0.717, 1.165) is 32.1 Å². The van der Waals surface area contributed by atoms with Gasteiger partial charge in [-0.2, -0.15) is 0 Å². The average molecular weight is 479 g/mol. The minimum absolute atomic E-state index is 0.0219. The van der Waals surface area contributed by atoms with E-state index >= 15 is 0 Å². The highest BCUT2D eigenvalue weighted by Crippen LogP contribution is 2.66. The topological polar surface area (TPSA) is 121 Å². The number of aliphatic hydroxyl groups excluding tert-OH is 4. The first-order valence-corrected chi connectivity index (χ1v) is 13.1. The van der Waals surface area contributed by atoms with E-state index in [1.54, 1.807) is 20.8 Å². The Labute approximate surface area is 204 Å². The summed E-state index contributed by atoms with van der Waals surface area (Å²) < 4.78 is 0. The van der Waals surface area contributed by atoms with Crippen molar-refractivity contribution in [3.05, 3.63) is 23.3 Å². The molecule has 6 heteroatoms. The Morgan fingerprint density at radius 2 is 1.62 bits per heavy atom. The van der Waals surface area contributed by atoms with E-state index in [1.807, 2.05) is 0 Å². The van der Waals surface area contributed by atoms with Gasteiger partial charge < -0.3 is 30.6 Å². The number of fused-ring (bicyclic) bond motifs is 5. The fourth-order valence-corrected chi connectivity index (χ4v) is 8.28. The molecule has 6 N–H and O–H groups in total. The predicted molar refractivity (Wildman–Crippen MR) is 131 cm³/mol. The van der Waals surface area contributed by atoms with Crippen molar-refractivity contribution in [1.29, 1.82) is 0 Å². The van der Waals surface area contributed by atoms with Crippen LogP contribution in [0.25, 0.3) is 0 Å². The molecule has 0 bridgehead atoms. The van der Waals surface area contributed by atoms with Gasteiger partial charge in [-0.25, -0.2) is 0 Å². The van der Waals surface area contributed by atoms with E-state index in [0.29, 0.717) is 12.3 Å². The molecule has 0 aliphatic heterocycles. The van der Waals surface area contributed by atoms with Crippen LogP contribution >= 0.6 is 0 Å². The van der Waals surface area contributed by atoms with E-state index in [1.165, 1.54) is 18.1 Å². The van der Waals surface area contributed by atoms with Gasteiger partial charge in [-0.15, -0.1) is 0 Å². The molecule has 0 radical (unpaired) electrons. The molecular formula is C28H46O6. The molecule has 194 valence electrons. The van der Waals surface area contributed by atoms with Crippen LogP contribution in [0.3, 0.4) is 0 Å². The SMILES string of the molecule is CC(C(O)C(O)C(C)(O)C1C(O)CC2C3=CC=C4CC(O)CCC4(C)C3CCC21C)C(C)(C)O. The van der Waals surface area contributed by atoms with Gasteiger partial charge in [0.15, 0.2) is 0 Å². The van der Waals surface area contributed by atoms with Crippen LogP contribution < -0.4 is 0 Å². The van der Waals surface area contributed by atoms with Crippen molar-refractivity contribution in [3.63, 3.8) is 0 Å². The molecular weight excluding hydrogens is 432 g/mol. The van der Waals surface area contributed by atoms with Crippen LogP contribution in [0.2, 0.25) is 0 Å². The lowest BCUT2D eigenvalue weighted by molar-refractivity contribution is -0.201. The zero-order valence-corrected chi connectivity index (χ0v) is 21.7. The van der Waals surface area contributed by atoms with Crippen LogP contribution in [0.1, 0.15) is 80.1 Å². The molecule has 0 aromatic rings. The van der Waals surface area contributed by atoms with Crippen molar-refractivity contribution in [3.8, 4) is 0 Å². The zero-order valence-electron chi connectivity index (χ0n) is 21.7. The summed E-state index contributed by atoms with van der Waals surface area (Å²) in [6, 6.07) is 0. The summed E-state index contributed by atoms with van der Waals surface area (Å²) in [5.74, 6) is -0.843. The third kappa shape index (κ3) is 3.84. The summed E-state index contributed by atoms with van der Waals surface area (Å²) in [5, 5.41) is 65.6. The molecule has 0 heterocycles. The van der Waals surface area contributed by atoms with Gasteiger partial charge in [-0.1, -0.05) is 44.1 Å². The number of aliphatic hydroxyl groups is 6. The van der Waals surface area contributed by atoms with Gasteiger partial charge in [0.25, 0.3) is 0 Å². The molecule has 11 unspecified atom stereocenters. The van der Waals surface area contributed by atoms with E-state index < -0.39 is 46.8 Å². The molecule has 3 fully saturated rings. The van der Waals surface area contributed by atoms with Crippen molar-refractivity contribution >= 4 is 0 Å². The zero-order chi connectivity index (χ0) is 25.4. The van der Waals surface area contributed by atoms with E-state index in [-0.39, 0.29) is 17.4 Å². The third-order valence-electron chi connectivity index (χ3n) is 10.8. The molecule has 0 saturated heterocycles. The van der Waals surface area contributed by atoms with E-state index in [2.05, 4.69) is 26.0 Å². The van der Waals surface area contributed by atoms with Crippen molar-refractivity contribution < 1.29 is 30.6 Å². The largest absolute Gasteiger partial charge is 0.393 e. The Balaban J connectivity index is 1.66. The van der Waals surface area contributed by atoms with Gasteiger partial charge in [-0.3, -0.25) is 0 Å². The maximum absolute atomic E-state index is 11.7. The molecule has 4 rings (SSSR count). The van der Waals surface area contributed by atoms with Crippen molar-refractivity contribution in [1.82, 2.24) is 0 Å². The lowest BCUT2D eigenvalue weighted by Gasteiger charge is -2.56. The van der Waals surface area contributed by atoms with Crippen molar-refractivity contribution in [2.75, 3.05) is 0 Å². The van der Waals surface area contributed by atoms with Gasteiger partial charge in [0, 0.05) is 11.8 Å². The minimum Gasteiger partial charge on any atom is -0.393 e. The highest BCUT2D eigenvalue weighted by atomic mass is 16.4. The molecule has 0 aromatic carbocycles. The first-order chi connectivity index (χ1) is 15.5. The second-order valence-electron chi connectivity index (χ2n) is 13.2. The summed E-state index contributed by atoms with van der Waals surface area (Å²) in [6.45, 7) is 10.8. The second-order valence-corrected chi connectivity index (χ2v) is 13.2.